The maximum Gasteiger partial charge on any atom is 0.129 e. The van der Waals surface area contributed by atoms with Crippen LogP contribution < -0.4 is 11.1 Å². The second-order valence-corrected chi connectivity index (χ2v) is 5.50. The molecule has 3 rings (SSSR count). The number of rotatable bonds is 4. The first kappa shape index (κ1) is 14.6. The standard InChI is InChI=1S/C16H18FN3O2/c1-16(10-21-9-15(18)20-16)13-7-11(4-5-14(13)17)19-8-12-3-2-6-22-12/h2-7,19H,8-10H2,1H3,(H2,18,20). The molecule has 0 fully saturated rings. The average Bonchev–Trinajstić information content (AvgIpc) is 2.99. The van der Waals surface area contributed by atoms with E-state index in [0.29, 0.717) is 24.6 Å². The van der Waals surface area contributed by atoms with Crippen LogP contribution in [0.1, 0.15) is 18.2 Å². The van der Waals surface area contributed by atoms with Crippen LogP contribution in [0.15, 0.2) is 46.0 Å². The molecule has 0 radical (unpaired) electrons. The number of benzene rings is 1. The van der Waals surface area contributed by atoms with Crippen LogP contribution in [0.25, 0.3) is 0 Å². The summed E-state index contributed by atoms with van der Waals surface area (Å²) in [7, 11) is 0. The Labute approximate surface area is 128 Å². The summed E-state index contributed by atoms with van der Waals surface area (Å²) in [6, 6.07) is 8.54. The van der Waals surface area contributed by atoms with Crippen molar-refractivity contribution >= 4 is 11.5 Å². The Morgan fingerprint density at radius 1 is 1.41 bits per heavy atom. The number of nitrogens with one attached hydrogen (secondary N) is 1. The highest BCUT2D eigenvalue weighted by atomic mass is 19.1. The Bertz CT molecular complexity index is 685. The third kappa shape index (κ3) is 2.96. The van der Waals surface area contributed by atoms with E-state index in [0.717, 1.165) is 11.4 Å². The van der Waals surface area contributed by atoms with Gasteiger partial charge in [0.25, 0.3) is 0 Å². The van der Waals surface area contributed by atoms with Gasteiger partial charge in [-0.1, -0.05) is 0 Å². The minimum absolute atomic E-state index is 0.285. The molecule has 0 spiro atoms. The number of furan rings is 1. The zero-order valence-electron chi connectivity index (χ0n) is 12.3. The molecule has 0 saturated heterocycles. The SMILES string of the molecule is CC1(c2cc(NCc3ccco3)ccc2F)COCC(N)=N1. The van der Waals surface area contributed by atoms with Crippen molar-refractivity contribution in [1.29, 1.82) is 0 Å². The van der Waals surface area contributed by atoms with Crippen LogP contribution in [0.5, 0.6) is 0 Å². The fourth-order valence-corrected chi connectivity index (χ4v) is 2.52. The van der Waals surface area contributed by atoms with E-state index in [1.165, 1.54) is 6.07 Å². The molecule has 1 unspecified atom stereocenters. The summed E-state index contributed by atoms with van der Waals surface area (Å²) in [5.41, 5.74) is 6.17. The number of aliphatic imine (C=N–C) groups is 1. The van der Waals surface area contributed by atoms with Crippen molar-refractivity contribution in [1.82, 2.24) is 0 Å². The summed E-state index contributed by atoms with van der Waals surface area (Å²) in [5.74, 6) is 0.857. The Morgan fingerprint density at radius 3 is 3.00 bits per heavy atom. The molecule has 0 aliphatic carbocycles. The quantitative estimate of drug-likeness (QED) is 0.910. The lowest BCUT2D eigenvalue weighted by Gasteiger charge is -2.30. The van der Waals surface area contributed by atoms with E-state index in [4.69, 9.17) is 14.9 Å². The van der Waals surface area contributed by atoms with Gasteiger partial charge in [-0.05, 0) is 37.3 Å². The Hall–Kier alpha value is -2.34. The Balaban J connectivity index is 1.85. The lowest BCUT2D eigenvalue weighted by molar-refractivity contribution is 0.104. The van der Waals surface area contributed by atoms with Crippen molar-refractivity contribution in [2.75, 3.05) is 18.5 Å². The Kier molecular flexibility index (Phi) is 3.85. The van der Waals surface area contributed by atoms with Crippen LogP contribution in [0.4, 0.5) is 10.1 Å². The first-order valence-corrected chi connectivity index (χ1v) is 7.05. The van der Waals surface area contributed by atoms with Gasteiger partial charge in [0.15, 0.2) is 0 Å². The van der Waals surface area contributed by atoms with Gasteiger partial charge >= 0.3 is 0 Å². The fourth-order valence-electron chi connectivity index (χ4n) is 2.52. The number of hydrogen-bond acceptors (Lipinski definition) is 5. The summed E-state index contributed by atoms with van der Waals surface area (Å²) in [6.45, 7) is 2.92. The lowest BCUT2D eigenvalue weighted by atomic mass is 9.92. The van der Waals surface area contributed by atoms with Crippen molar-refractivity contribution in [3.8, 4) is 0 Å². The van der Waals surface area contributed by atoms with Gasteiger partial charge in [0.1, 0.15) is 29.6 Å². The molecule has 1 aliphatic heterocycles. The summed E-state index contributed by atoms with van der Waals surface area (Å²) in [5, 5.41) is 3.20. The van der Waals surface area contributed by atoms with Gasteiger partial charge in [-0.3, -0.25) is 4.99 Å². The molecule has 1 aromatic carbocycles. The second kappa shape index (κ2) is 5.81. The summed E-state index contributed by atoms with van der Waals surface area (Å²) >= 11 is 0. The van der Waals surface area contributed by atoms with E-state index in [1.54, 1.807) is 18.4 Å². The van der Waals surface area contributed by atoms with E-state index in [9.17, 15) is 4.39 Å². The van der Waals surface area contributed by atoms with E-state index in [-0.39, 0.29) is 12.4 Å². The van der Waals surface area contributed by atoms with Crippen molar-refractivity contribution in [3.05, 3.63) is 53.7 Å². The monoisotopic (exact) mass is 303 g/mol. The molecular formula is C16H18FN3O2. The van der Waals surface area contributed by atoms with Crippen molar-refractivity contribution in [2.24, 2.45) is 10.7 Å². The molecule has 0 amide bonds. The summed E-state index contributed by atoms with van der Waals surface area (Å²) < 4.78 is 24.9. The number of anilines is 1. The summed E-state index contributed by atoms with van der Waals surface area (Å²) in [6.07, 6.45) is 1.62. The number of amidine groups is 1. The largest absolute Gasteiger partial charge is 0.467 e. The smallest absolute Gasteiger partial charge is 0.129 e. The topological polar surface area (TPSA) is 72.8 Å². The minimum atomic E-state index is -0.811. The highest BCUT2D eigenvalue weighted by Gasteiger charge is 2.32. The number of hydrogen-bond donors (Lipinski definition) is 2. The molecule has 2 aromatic rings. The molecule has 0 bridgehead atoms. The van der Waals surface area contributed by atoms with Gasteiger partial charge in [0.2, 0.25) is 0 Å². The molecular weight excluding hydrogens is 285 g/mol. The normalized spacial score (nSPS) is 21.5. The van der Waals surface area contributed by atoms with Gasteiger partial charge in [-0.15, -0.1) is 0 Å². The van der Waals surface area contributed by atoms with Gasteiger partial charge in [0.05, 0.1) is 19.4 Å². The maximum atomic E-state index is 14.2. The first-order chi connectivity index (χ1) is 10.6. The van der Waals surface area contributed by atoms with Gasteiger partial charge in [-0.25, -0.2) is 4.39 Å². The zero-order chi connectivity index (χ0) is 15.6. The number of nitrogens with zero attached hydrogens (tertiary/aromatic N) is 1. The van der Waals surface area contributed by atoms with Gasteiger partial charge in [-0.2, -0.15) is 0 Å². The van der Waals surface area contributed by atoms with Crippen LogP contribution in [0, 0.1) is 5.82 Å². The molecule has 6 heteroatoms. The Morgan fingerprint density at radius 2 is 2.27 bits per heavy atom. The summed E-state index contributed by atoms with van der Waals surface area (Å²) in [4.78, 5) is 4.38. The molecule has 1 atom stereocenters. The minimum Gasteiger partial charge on any atom is -0.467 e. The molecule has 0 saturated carbocycles. The fraction of sp³-hybridized carbons (Fsp3) is 0.312. The van der Waals surface area contributed by atoms with E-state index in [1.807, 2.05) is 19.1 Å². The number of nitrogens with two attached hydrogens (primary N) is 1. The molecule has 1 aromatic heterocycles. The second-order valence-electron chi connectivity index (χ2n) is 5.50. The number of ether oxygens (including phenoxy) is 1. The molecule has 3 N–H and O–H groups in total. The van der Waals surface area contributed by atoms with Crippen molar-refractivity contribution in [2.45, 2.75) is 19.0 Å². The van der Waals surface area contributed by atoms with Crippen molar-refractivity contribution < 1.29 is 13.5 Å². The maximum absolute atomic E-state index is 14.2. The molecule has 116 valence electrons. The predicted octanol–water partition coefficient (Wildman–Crippen LogP) is 2.63. The lowest BCUT2D eigenvalue weighted by Crippen LogP contribution is -2.38. The van der Waals surface area contributed by atoms with Crippen molar-refractivity contribution in [3.63, 3.8) is 0 Å². The van der Waals surface area contributed by atoms with Crippen LogP contribution in [-0.2, 0) is 16.8 Å². The zero-order valence-corrected chi connectivity index (χ0v) is 12.3. The van der Waals surface area contributed by atoms with E-state index < -0.39 is 5.54 Å². The molecule has 22 heavy (non-hydrogen) atoms. The van der Waals surface area contributed by atoms with Crippen LogP contribution in [0.3, 0.4) is 0 Å². The third-order valence-corrected chi connectivity index (χ3v) is 3.62. The highest BCUT2D eigenvalue weighted by Crippen LogP contribution is 2.32. The van der Waals surface area contributed by atoms with Crippen LogP contribution >= 0.6 is 0 Å². The van der Waals surface area contributed by atoms with E-state index in [2.05, 4.69) is 10.3 Å². The van der Waals surface area contributed by atoms with Crippen LogP contribution in [0.2, 0.25) is 0 Å². The number of halogens is 1. The van der Waals surface area contributed by atoms with Gasteiger partial charge < -0.3 is 20.2 Å². The van der Waals surface area contributed by atoms with Gasteiger partial charge in [0, 0.05) is 11.3 Å². The average molecular weight is 303 g/mol. The van der Waals surface area contributed by atoms with Crippen LogP contribution in [-0.4, -0.2) is 19.0 Å². The third-order valence-electron chi connectivity index (χ3n) is 3.62. The molecule has 2 heterocycles. The predicted molar refractivity (Wildman–Crippen MR) is 82.2 cm³/mol. The van der Waals surface area contributed by atoms with E-state index >= 15 is 0 Å². The highest BCUT2D eigenvalue weighted by molar-refractivity contribution is 5.82. The molecule has 5 nitrogen and oxygen atoms in total. The first-order valence-electron chi connectivity index (χ1n) is 7.05. The molecule has 1 aliphatic rings.